The normalized spacial score (nSPS) is 10.3. The lowest BCUT2D eigenvalue weighted by molar-refractivity contribution is 0.419. The van der Waals surface area contributed by atoms with E-state index in [0.717, 1.165) is 22.1 Å². The van der Waals surface area contributed by atoms with Gasteiger partial charge in [-0.2, -0.15) is 0 Å². The molecule has 2 heteroatoms. The van der Waals surface area contributed by atoms with Crippen LogP contribution in [0.15, 0.2) is 43.0 Å². The third-order valence-electron chi connectivity index (χ3n) is 2.66. The molecule has 0 amide bonds. The van der Waals surface area contributed by atoms with Crippen molar-refractivity contribution in [3.63, 3.8) is 0 Å². The van der Waals surface area contributed by atoms with Gasteiger partial charge in [-0.05, 0) is 18.1 Å². The highest BCUT2D eigenvalue weighted by atomic mass is 16.5. The lowest BCUT2D eigenvalue weighted by Gasteiger charge is -2.09. The van der Waals surface area contributed by atoms with Gasteiger partial charge in [0.25, 0.3) is 0 Å². The number of phenols is 1. The second-order valence-electron chi connectivity index (χ2n) is 3.62. The van der Waals surface area contributed by atoms with Crippen LogP contribution in [0, 0.1) is 0 Å². The number of allylic oxidation sites excluding steroid dienone is 1. The molecule has 2 rings (SSSR count). The van der Waals surface area contributed by atoms with Crippen LogP contribution in [-0.2, 0) is 6.42 Å². The average molecular weight is 214 g/mol. The largest absolute Gasteiger partial charge is 0.507 e. The second kappa shape index (κ2) is 4.27. The molecule has 0 atom stereocenters. The number of benzene rings is 2. The van der Waals surface area contributed by atoms with Gasteiger partial charge in [-0.1, -0.05) is 30.3 Å². The smallest absolute Gasteiger partial charge is 0.127 e. The highest BCUT2D eigenvalue weighted by molar-refractivity contribution is 5.93. The molecule has 0 saturated heterocycles. The third-order valence-corrected chi connectivity index (χ3v) is 2.66. The van der Waals surface area contributed by atoms with E-state index in [1.165, 1.54) is 0 Å². The predicted molar refractivity (Wildman–Crippen MR) is 66.1 cm³/mol. The van der Waals surface area contributed by atoms with E-state index in [1.807, 2.05) is 30.3 Å². The van der Waals surface area contributed by atoms with Crippen LogP contribution < -0.4 is 4.74 Å². The van der Waals surface area contributed by atoms with Crippen LogP contribution in [0.3, 0.4) is 0 Å². The van der Waals surface area contributed by atoms with Crippen molar-refractivity contribution < 1.29 is 9.84 Å². The summed E-state index contributed by atoms with van der Waals surface area (Å²) in [6, 6.07) is 9.52. The summed E-state index contributed by atoms with van der Waals surface area (Å²) >= 11 is 0. The van der Waals surface area contributed by atoms with E-state index in [0.29, 0.717) is 12.2 Å². The van der Waals surface area contributed by atoms with E-state index in [9.17, 15) is 5.11 Å². The maximum Gasteiger partial charge on any atom is 0.127 e. The Kier molecular flexibility index (Phi) is 2.82. The van der Waals surface area contributed by atoms with Gasteiger partial charge >= 0.3 is 0 Å². The molecular formula is C14H14O2. The van der Waals surface area contributed by atoms with Crippen molar-refractivity contribution in [2.24, 2.45) is 0 Å². The number of phenolic OH excluding ortho intramolecular Hbond substituents is 1. The van der Waals surface area contributed by atoms with Crippen molar-refractivity contribution in [3.8, 4) is 11.5 Å². The molecule has 1 N–H and O–H groups in total. The van der Waals surface area contributed by atoms with Gasteiger partial charge in [0, 0.05) is 10.8 Å². The van der Waals surface area contributed by atoms with Crippen LogP contribution in [-0.4, -0.2) is 12.2 Å². The molecule has 0 spiro atoms. The van der Waals surface area contributed by atoms with Crippen molar-refractivity contribution in [1.29, 1.82) is 0 Å². The first kappa shape index (κ1) is 10.6. The maximum atomic E-state index is 10.1. The molecule has 2 nitrogen and oxygen atoms in total. The fourth-order valence-corrected chi connectivity index (χ4v) is 1.86. The molecule has 2 aromatic rings. The molecule has 0 aliphatic rings. The average Bonchev–Trinajstić information content (AvgIpc) is 2.32. The summed E-state index contributed by atoms with van der Waals surface area (Å²) in [5.74, 6) is 1.09. The quantitative estimate of drug-likeness (QED) is 0.794. The SMILES string of the molecule is C=CCc1ccc2c(OC)cccc2c1O. The van der Waals surface area contributed by atoms with E-state index in [2.05, 4.69) is 6.58 Å². The zero-order valence-corrected chi connectivity index (χ0v) is 9.23. The summed E-state index contributed by atoms with van der Waals surface area (Å²) in [5.41, 5.74) is 0.885. The monoisotopic (exact) mass is 214 g/mol. The predicted octanol–water partition coefficient (Wildman–Crippen LogP) is 3.28. The number of methoxy groups -OCH3 is 1. The van der Waals surface area contributed by atoms with Gasteiger partial charge in [-0.25, -0.2) is 0 Å². The number of hydrogen-bond donors (Lipinski definition) is 1. The minimum atomic E-state index is 0.316. The Morgan fingerprint density at radius 1 is 1.25 bits per heavy atom. The Labute approximate surface area is 94.8 Å². The highest BCUT2D eigenvalue weighted by Crippen LogP contribution is 2.34. The van der Waals surface area contributed by atoms with Gasteiger partial charge in [0.2, 0.25) is 0 Å². The second-order valence-corrected chi connectivity index (χ2v) is 3.62. The van der Waals surface area contributed by atoms with Gasteiger partial charge in [0.15, 0.2) is 0 Å². The Morgan fingerprint density at radius 2 is 2.06 bits per heavy atom. The number of rotatable bonds is 3. The molecular weight excluding hydrogens is 200 g/mol. The number of fused-ring (bicyclic) bond motifs is 1. The first-order chi connectivity index (χ1) is 7.77. The van der Waals surface area contributed by atoms with Crippen LogP contribution in [0.2, 0.25) is 0 Å². The van der Waals surface area contributed by atoms with Gasteiger partial charge in [0.05, 0.1) is 7.11 Å². The van der Waals surface area contributed by atoms with E-state index in [-0.39, 0.29) is 0 Å². The van der Waals surface area contributed by atoms with Gasteiger partial charge in [0.1, 0.15) is 11.5 Å². The Hall–Kier alpha value is -1.96. The van der Waals surface area contributed by atoms with E-state index >= 15 is 0 Å². The lowest BCUT2D eigenvalue weighted by Crippen LogP contribution is -1.88. The molecule has 0 aliphatic heterocycles. The highest BCUT2D eigenvalue weighted by Gasteiger charge is 2.08. The molecule has 0 radical (unpaired) electrons. The number of aromatic hydroxyl groups is 1. The van der Waals surface area contributed by atoms with Crippen molar-refractivity contribution in [2.45, 2.75) is 6.42 Å². The number of hydrogen-bond acceptors (Lipinski definition) is 2. The summed E-state index contributed by atoms with van der Waals surface area (Å²) in [7, 11) is 1.63. The van der Waals surface area contributed by atoms with E-state index in [4.69, 9.17) is 4.74 Å². The van der Waals surface area contributed by atoms with Crippen molar-refractivity contribution in [3.05, 3.63) is 48.6 Å². The summed E-state index contributed by atoms with van der Waals surface area (Å²) < 4.78 is 5.25. The molecule has 0 aromatic heterocycles. The Morgan fingerprint density at radius 3 is 2.75 bits per heavy atom. The topological polar surface area (TPSA) is 29.5 Å². The molecule has 82 valence electrons. The zero-order chi connectivity index (χ0) is 11.5. The van der Waals surface area contributed by atoms with Crippen LogP contribution in [0.4, 0.5) is 0 Å². The van der Waals surface area contributed by atoms with Crippen molar-refractivity contribution in [1.82, 2.24) is 0 Å². The molecule has 0 unspecified atom stereocenters. The van der Waals surface area contributed by atoms with Crippen LogP contribution in [0.25, 0.3) is 10.8 Å². The Bertz CT molecular complexity index is 529. The Balaban J connectivity index is 2.70. The zero-order valence-electron chi connectivity index (χ0n) is 9.23. The maximum absolute atomic E-state index is 10.1. The minimum absolute atomic E-state index is 0.316. The van der Waals surface area contributed by atoms with E-state index in [1.54, 1.807) is 13.2 Å². The van der Waals surface area contributed by atoms with Gasteiger partial charge in [-0.15, -0.1) is 6.58 Å². The lowest BCUT2D eigenvalue weighted by atomic mass is 10.0. The summed E-state index contributed by atoms with van der Waals surface area (Å²) in [6.07, 6.45) is 2.44. The van der Waals surface area contributed by atoms with Crippen molar-refractivity contribution in [2.75, 3.05) is 7.11 Å². The third kappa shape index (κ3) is 1.63. The fraction of sp³-hybridized carbons (Fsp3) is 0.143. The first-order valence-electron chi connectivity index (χ1n) is 5.16. The summed E-state index contributed by atoms with van der Waals surface area (Å²) in [6.45, 7) is 3.68. The number of ether oxygens (including phenoxy) is 1. The first-order valence-corrected chi connectivity index (χ1v) is 5.16. The van der Waals surface area contributed by atoms with Crippen LogP contribution in [0.1, 0.15) is 5.56 Å². The van der Waals surface area contributed by atoms with Gasteiger partial charge < -0.3 is 9.84 Å². The van der Waals surface area contributed by atoms with Gasteiger partial charge in [-0.3, -0.25) is 0 Å². The molecule has 0 bridgehead atoms. The van der Waals surface area contributed by atoms with E-state index < -0.39 is 0 Å². The minimum Gasteiger partial charge on any atom is -0.507 e. The molecule has 2 aromatic carbocycles. The molecule has 0 heterocycles. The molecule has 0 fully saturated rings. The summed E-state index contributed by atoms with van der Waals surface area (Å²) in [5, 5.41) is 11.8. The van der Waals surface area contributed by atoms with Crippen LogP contribution in [0.5, 0.6) is 11.5 Å². The molecule has 0 aliphatic carbocycles. The fourth-order valence-electron chi connectivity index (χ4n) is 1.86. The van der Waals surface area contributed by atoms with Crippen LogP contribution >= 0.6 is 0 Å². The molecule has 16 heavy (non-hydrogen) atoms. The van der Waals surface area contributed by atoms with Crippen molar-refractivity contribution >= 4 is 10.8 Å². The standard InChI is InChI=1S/C14H14O2/c1-3-5-10-8-9-11-12(14(10)15)6-4-7-13(11)16-2/h3-4,6-9,15H,1,5H2,2H3. The molecule has 0 saturated carbocycles. The summed E-state index contributed by atoms with van der Waals surface area (Å²) in [4.78, 5) is 0.